The van der Waals surface area contributed by atoms with Gasteiger partial charge in [0.2, 0.25) is 0 Å². The third-order valence-electron chi connectivity index (χ3n) is 6.75. The van der Waals surface area contributed by atoms with E-state index in [9.17, 15) is 18.0 Å². The summed E-state index contributed by atoms with van der Waals surface area (Å²) in [5, 5.41) is 0. The van der Waals surface area contributed by atoms with E-state index in [1.807, 2.05) is 0 Å². The molecule has 1 atom stereocenters. The number of benzene rings is 1. The number of halogens is 3. The molecule has 3 aliphatic rings. The first kappa shape index (κ1) is 21.3. The number of anilines is 1. The number of hydrogen-bond acceptors (Lipinski definition) is 4. The van der Waals surface area contributed by atoms with E-state index in [2.05, 4.69) is 38.8 Å². The van der Waals surface area contributed by atoms with E-state index in [-0.39, 0.29) is 5.41 Å². The van der Waals surface area contributed by atoms with E-state index in [1.165, 1.54) is 29.0 Å². The maximum atomic E-state index is 12.6. The number of hydrogen-bond donors (Lipinski definition) is 0. The lowest BCUT2D eigenvalue weighted by molar-refractivity contribution is -0.200. The number of carbonyl (C=O) groups excluding carboxylic acids is 1. The largest absolute Gasteiger partial charge is 0.437 e. The van der Waals surface area contributed by atoms with Crippen molar-refractivity contribution in [1.82, 2.24) is 9.80 Å². The monoisotopic (exact) mass is 425 g/mol. The summed E-state index contributed by atoms with van der Waals surface area (Å²) in [5.74, 6) is 0. The highest BCUT2D eigenvalue weighted by Crippen LogP contribution is 2.41. The summed E-state index contributed by atoms with van der Waals surface area (Å²) in [6.07, 6.45) is -3.28. The Balaban J connectivity index is 1.21. The molecule has 3 saturated heterocycles. The highest BCUT2D eigenvalue weighted by atomic mass is 19.4. The van der Waals surface area contributed by atoms with Crippen LogP contribution in [0.2, 0.25) is 0 Å². The third kappa shape index (κ3) is 4.68. The Morgan fingerprint density at radius 2 is 1.67 bits per heavy atom. The third-order valence-corrected chi connectivity index (χ3v) is 6.75. The van der Waals surface area contributed by atoms with Crippen LogP contribution in [-0.4, -0.2) is 67.4 Å². The fourth-order valence-electron chi connectivity index (χ4n) is 4.83. The second kappa shape index (κ2) is 8.29. The smallest absolute Gasteiger partial charge is 0.425 e. The number of carbonyl (C=O) groups is 1. The van der Waals surface area contributed by atoms with Crippen LogP contribution >= 0.6 is 0 Å². The number of amides is 1. The van der Waals surface area contributed by atoms with Crippen molar-refractivity contribution in [1.29, 1.82) is 0 Å². The molecule has 0 aromatic heterocycles. The average molecular weight is 425 g/mol. The van der Waals surface area contributed by atoms with E-state index in [0.717, 1.165) is 52.5 Å². The van der Waals surface area contributed by atoms with Gasteiger partial charge in [-0.05, 0) is 55.7 Å². The first-order chi connectivity index (χ1) is 14.2. The minimum absolute atomic E-state index is 0.182. The molecule has 1 amide bonds. The van der Waals surface area contributed by atoms with Gasteiger partial charge in [0.05, 0.1) is 0 Å². The van der Waals surface area contributed by atoms with E-state index in [4.69, 9.17) is 0 Å². The molecular formula is C22H30F3N3O2. The van der Waals surface area contributed by atoms with Gasteiger partial charge in [-0.1, -0.05) is 12.1 Å². The van der Waals surface area contributed by atoms with E-state index in [1.54, 1.807) is 0 Å². The molecule has 3 fully saturated rings. The van der Waals surface area contributed by atoms with Crippen molar-refractivity contribution >= 4 is 11.8 Å². The van der Waals surface area contributed by atoms with Crippen molar-refractivity contribution in [2.75, 3.05) is 44.2 Å². The Kier molecular flexibility index (Phi) is 5.88. The number of piperidine rings is 1. The van der Waals surface area contributed by atoms with Crippen molar-refractivity contribution in [2.45, 2.75) is 51.4 Å². The molecule has 0 aliphatic carbocycles. The molecule has 4 rings (SSSR count). The molecule has 1 spiro atoms. The SMILES string of the molecule is CC(OC(=O)N1CCC2(CC1)CN(Cc1ccc(N3CCCC3)cc1)C2)C(F)(F)F. The standard InChI is InChI=1S/C22H30F3N3O2/c1-17(22(23,24)25)30-20(29)28-12-8-21(9-13-28)15-26(16-21)14-18-4-6-19(7-5-18)27-10-2-3-11-27/h4-7,17H,2-3,8-16H2,1H3. The van der Waals surface area contributed by atoms with Gasteiger partial charge in [-0.25, -0.2) is 4.79 Å². The van der Waals surface area contributed by atoms with Gasteiger partial charge < -0.3 is 14.5 Å². The number of alkyl halides is 3. The predicted molar refractivity (Wildman–Crippen MR) is 108 cm³/mol. The van der Waals surface area contributed by atoms with Gasteiger partial charge in [0, 0.05) is 51.5 Å². The Morgan fingerprint density at radius 1 is 1.07 bits per heavy atom. The summed E-state index contributed by atoms with van der Waals surface area (Å²) >= 11 is 0. The minimum atomic E-state index is -4.52. The minimum Gasteiger partial charge on any atom is -0.437 e. The first-order valence-electron chi connectivity index (χ1n) is 10.8. The van der Waals surface area contributed by atoms with E-state index < -0.39 is 18.4 Å². The lowest BCUT2D eigenvalue weighted by atomic mass is 9.72. The zero-order valence-electron chi connectivity index (χ0n) is 17.5. The molecule has 1 unspecified atom stereocenters. The maximum absolute atomic E-state index is 12.6. The van der Waals surface area contributed by atoms with Gasteiger partial charge in [-0.15, -0.1) is 0 Å². The number of rotatable bonds is 4. The molecule has 1 aromatic rings. The molecule has 0 radical (unpaired) electrons. The van der Waals surface area contributed by atoms with Gasteiger partial charge in [0.15, 0.2) is 6.10 Å². The van der Waals surface area contributed by atoms with Gasteiger partial charge in [-0.2, -0.15) is 13.2 Å². The number of likely N-dealkylation sites (tertiary alicyclic amines) is 2. The highest BCUT2D eigenvalue weighted by Gasteiger charge is 2.46. The molecule has 3 heterocycles. The molecular weight excluding hydrogens is 395 g/mol. The van der Waals surface area contributed by atoms with Crippen LogP contribution < -0.4 is 4.90 Å². The Morgan fingerprint density at radius 3 is 2.23 bits per heavy atom. The van der Waals surface area contributed by atoms with Crippen molar-refractivity contribution in [3.63, 3.8) is 0 Å². The first-order valence-corrected chi connectivity index (χ1v) is 10.8. The van der Waals surface area contributed by atoms with Crippen LogP contribution in [-0.2, 0) is 11.3 Å². The summed E-state index contributed by atoms with van der Waals surface area (Å²) in [5.41, 5.74) is 2.78. The summed E-state index contributed by atoms with van der Waals surface area (Å²) in [4.78, 5) is 18.2. The molecule has 1 aromatic carbocycles. The molecule has 0 saturated carbocycles. The summed E-state index contributed by atoms with van der Waals surface area (Å²) in [7, 11) is 0. The lowest BCUT2D eigenvalue weighted by Crippen LogP contribution is -2.60. The van der Waals surface area contributed by atoms with Gasteiger partial charge in [0.25, 0.3) is 0 Å². The highest BCUT2D eigenvalue weighted by molar-refractivity contribution is 5.68. The van der Waals surface area contributed by atoms with Crippen LogP contribution in [0.25, 0.3) is 0 Å². The number of ether oxygens (including phenoxy) is 1. The summed E-state index contributed by atoms with van der Waals surface area (Å²) in [6.45, 7) is 6.94. The molecule has 8 heteroatoms. The van der Waals surface area contributed by atoms with Crippen molar-refractivity contribution in [3.05, 3.63) is 29.8 Å². The van der Waals surface area contributed by atoms with Crippen LogP contribution in [0.1, 0.15) is 38.2 Å². The Bertz CT molecular complexity index is 731. The fourth-order valence-corrected chi connectivity index (χ4v) is 4.83. The molecule has 5 nitrogen and oxygen atoms in total. The van der Waals surface area contributed by atoms with Crippen molar-refractivity contribution in [3.8, 4) is 0 Å². The summed E-state index contributed by atoms with van der Waals surface area (Å²) in [6, 6.07) is 8.84. The molecule has 0 bridgehead atoms. The van der Waals surface area contributed by atoms with E-state index in [0.29, 0.717) is 13.1 Å². The van der Waals surface area contributed by atoms with Crippen molar-refractivity contribution in [2.24, 2.45) is 5.41 Å². The van der Waals surface area contributed by atoms with Crippen LogP contribution in [0.15, 0.2) is 24.3 Å². The lowest BCUT2D eigenvalue weighted by Gasteiger charge is -2.54. The zero-order valence-corrected chi connectivity index (χ0v) is 17.5. The second-order valence-corrected chi connectivity index (χ2v) is 9.06. The molecule has 3 aliphatic heterocycles. The van der Waals surface area contributed by atoms with Gasteiger partial charge in [0.1, 0.15) is 0 Å². The predicted octanol–water partition coefficient (Wildman–Crippen LogP) is 4.27. The van der Waals surface area contributed by atoms with Crippen LogP contribution in [0.3, 0.4) is 0 Å². The van der Waals surface area contributed by atoms with Crippen molar-refractivity contribution < 1.29 is 22.7 Å². The van der Waals surface area contributed by atoms with Crippen LogP contribution in [0.4, 0.5) is 23.7 Å². The molecule has 0 N–H and O–H groups in total. The molecule has 30 heavy (non-hydrogen) atoms. The van der Waals surface area contributed by atoms with E-state index >= 15 is 0 Å². The van der Waals surface area contributed by atoms with Crippen LogP contribution in [0, 0.1) is 5.41 Å². The Labute approximate surface area is 175 Å². The topological polar surface area (TPSA) is 36.0 Å². The zero-order chi connectivity index (χ0) is 21.4. The quantitative estimate of drug-likeness (QED) is 0.722. The normalized spacial score (nSPS) is 22.8. The van der Waals surface area contributed by atoms with Crippen LogP contribution in [0.5, 0.6) is 0 Å². The molecule has 166 valence electrons. The second-order valence-electron chi connectivity index (χ2n) is 9.06. The average Bonchev–Trinajstić information content (AvgIpc) is 3.22. The summed E-state index contributed by atoms with van der Waals surface area (Å²) < 4.78 is 42.3. The Hall–Kier alpha value is -1.96. The maximum Gasteiger partial charge on any atom is 0.425 e. The number of nitrogens with zero attached hydrogens (tertiary/aromatic N) is 3. The van der Waals surface area contributed by atoms with Gasteiger partial charge in [-0.3, -0.25) is 4.90 Å². The van der Waals surface area contributed by atoms with Gasteiger partial charge >= 0.3 is 12.3 Å². The fraction of sp³-hybridized carbons (Fsp3) is 0.682.